The van der Waals surface area contributed by atoms with E-state index in [9.17, 15) is 9.59 Å². The van der Waals surface area contributed by atoms with Gasteiger partial charge in [0.05, 0.1) is 0 Å². The highest BCUT2D eigenvalue weighted by molar-refractivity contribution is 5.76. The number of rotatable bonds is 8. The van der Waals surface area contributed by atoms with Crippen LogP contribution in [0.2, 0.25) is 0 Å². The Hall–Kier alpha value is -2.62. The molecule has 0 aliphatic carbocycles. The van der Waals surface area contributed by atoms with Crippen molar-refractivity contribution in [3.63, 3.8) is 0 Å². The highest BCUT2D eigenvalue weighted by Gasteiger charge is 2.04. The molecule has 120 valence electrons. The summed E-state index contributed by atoms with van der Waals surface area (Å²) in [6.45, 7) is 1.86. The van der Waals surface area contributed by atoms with Crippen molar-refractivity contribution in [2.75, 3.05) is 37.0 Å². The van der Waals surface area contributed by atoms with Crippen molar-refractivity contribution >= 4 is 23.9 Å². The van der Waals surface area contributed by atoms with E-state index >= 15 is 0 Å². The zero-order valence-corrected chi connectivity index (χ0v) is 13.6. The van der Waals surface area contributed by atoms with Crippen LogP contribution < -0.4 is 9.80 Å². The molecule has 0 bridgehead atoms. The average molecular weight is 310 g/mol. The lowest BCUT2D eigenvalue weighted by molar-refractivity contribution is 0.111. The number of benzene rings is 2. The second-order valence-electron chi connectivity index (χ2n) is 5.62. The Balaban J connectivity index is 1.82. The van der Waals surface area contributed by atoms with Crippen molar-refractivity contribution in [3.05, 3.63) is 59.7 Å². The standard InChI is InChI=1S/C19H22N2O2/c1-20(18-8-4-16(14-22)5-9-18)12-3-13-21(2)19-10-6-17(15-23)7-11-19/h4-11,14-15H,3,12-13H2,1-2H3. The van der Waals surface area contributed by atoms with Crippen molar-refractivity contribution < 1.29 is 9.59 Å². The van der Waals surface area contributed by atoms with E-state index in [4.69, 9.17) is 0 Å². The minimum atomic E-state index is 0.695. The number of hydrogen-bond acceptors (Lipinski definition) is 4. The molecule has 0 spiro atoms. The molecule has 0 fully saturated rings. The van der Waals surface area contributed by atoms with E-state index in [1.54, 1.807) is 0 Å². The van der Waals surface area contributed by atoms with Gasteiger partial charge < -0.3 is 9.80 Å². The van der Waals surface area contributed by atoms with Gasteiger partial charge in [-0.05, 0) is 55.0 Å². The molecule has 0 atom stereocenters. The van der Waals surface area contributed by atoms with Crippen LogP contribution in [0.4, 0.5) is 11.4 Å². The van der Waals surface area contributed by atoms with Crippen LogP contribution in [-0.2, 0) is 0 Å². The molecule has 0 aromatic heterocycles. The molecule has 0 aliphatic heterocycles. The Morgan fingerprint density at radius 1 is 0.696 bits per heavy atom. The second-order valence-corrected chi connectivity index (χ2v) is 5.62. The molecular formula is C19H22N2O2. The van der Waals surface area contributed by atoms with Gasteiger partial charge in [0.15, 0.2) is 0 Å². The molecule has 4 nitrogen and oxygen atoms in total. The Labute approximate surface area is 137 Å². The summed E-state index contributed by atoms with van der Waals surface area (Å²) in [5.74, 6) is 0. The Bertz CT molecular complexity index is 578. The molecule has 4 heteroatoms. The summed E-state index contributed by atoms with van der Waals surface area (Å²) in [6.07, 6.45) is 2.72. The van der Waals surface area contributed by atoms with Crippen molar-refractivity contribution in [3.8, 4) is 0 Å². The summed E-state index contributed by atoms with van der Waals surface area (Å²) in [5, 5.41) is 0. The predicted octanol–water partition coefficient (Wildman–Crippen LogP) is 3.27. The van der Waals surface area contributed by atoms with E-state index < -0.39 is 0 Å². The van der Waals surface area contributed by atoms with E-state index in [0.717, 1.165) is 43.5 Å². The van der Waals surface area contributed by atoms with Gasteiger partial charge >= 0.3 is 0 Å². The third kappa shape index (κ3) is 4.68. The number of aldehydes is 2. The lowest BCUT2D eigenvalue weighted by atomic mass is 10.2. The van der Waals surface area contributed by atoms with Gasteiger partial charge in [-0.15, -0.1) is 0 Å². The maximum Gasteiger partial charge on any atom is 0.150 e. The quantitative estimate of drug-likeness (QED) is 0.702. The molecule has 0 saturated carbocycles. The number of anilines is 2. The Morgan fingerprint density at radius 3 is 1.35 bits per heavy atom. The van der Waals surface area contributed by atoms with Crippen LogP contribution in [0, 0.1) is 0 Å². The van der Waals surface area contributed by atoms with E-state index in [1.807, 2.05) is 48.5 Å². The first-order chi connectivity index (χ1) is 11.1. The van der Waals surface area contributed by atoms with Crippen LogP contribution in [0.1, 0.15) is 27.1 Å². The van der Waals surface area contributed by atoms with Gasteiger partial charge in [0, 0.05) is 49.7 Å². The summed E-state index contributed by atoms with van der Waals surface area (Å²) in [4.78, 5) is 25.7. The highest BCUT2D eigenvalue weighted by Crippen LogP contribution is 2.15. The fourth-order valence-electron chi connectivity index (χ4n) is 2.42. The van der Waals surface area contributed by atoms with Crippen molar-refractivity contribution in [2.45, 2.75) is 6.42 Å². The third-order valence-electron chi connectivity index (χ3n) is 3.93. The van der Waals surface area contributed by atoms with Gasteiger partial charge in [0.1, 0.15) is 12.6 Å². The molecule has 0 N–H and O–H groups in total. The molecule has 0 aliphatic rings. The smallest absolute Gasteiger partial charge is 0.150 e. The molecule has 0 radical (unpaired) electrons. The molecule has 0 amide bonds. The molecule has 2 aromatic carbocycles. The van der Waals surface area contributed by atoms with Crippen molar-refractivity contribution in [1.82, 2.24) is 0 Å². The molecule has 0 saturated heterocycles. The number of carbonyl (C=O) groups excluding carboxylic acids is 2. The number of nitrogens with zero attached hydrogens (tertiary/aromatic N) is 2. The van der Waals surface area contributed by atoms with Crippen LogP contribution in [-0.4, -0.2) is 39.8 Å². The lowest BCUT2D eigenvalue weighted by Crippen LogP contribution is -2.25. The maximum absolute atomic E-state index is 10.7. The average Bonchev–Trinajstić information content (AvgIpc) is 2.61. The minimum absolute atomic E-state index is 0.695. The Kier molecular flexibility index (Phi) is 5.92. The molecule has 2 rings (SSSR count). The summed E-state index contributed by atoms with van der Waals surface area (Å²) in [7, 11) is 4.10. The van der Waals surface area contributed by atoms with E-state index in [-0.39, 0.29) is 0 Å². The fourth-order valence-corrected chi connectivity index (χ4v) is 2.42. The zero-order valence-electron chi connectivity index (χ0n) is 13.6. The predicted molar refractivity (Wildman–Crippen MR) is 94.8 cm³/mol. The van der Waals surface area contributed by atoms with Gasteiger partial charge in [-0.25, -0.2) is 0 Å². The fraction of sp³-hybridized carbons (Fsp3) is 0.263. The second kappa shape index (κ2) is 8.13. The molecule has 23 heavy (non-hydrogen) atoms. The van der Waals surface area contributed by atoms with E-state index in [2.05, 4.69) is 23.9 Å². The van der Waals surface area contributed by atoms with Crippen molar-refractivity contribution in [1.29, 1.82) is 0 Å². The largest absolute Gasteiger partial charge is 0.375 e. The SMILES string of the molecule is CN(CCCN(C)c1ccc(C=O)cc1)c1ccc(C=O)cc1. The summed E-state index contributed by atoms with van der Waals surface area (Å²) >= 11 is 0. The van der Waals surface area contributed by atoms with Gasteiger partial charge in [0.25, 0.3) is 0 Å². The van der Waals surface area contributed by atoms with Gasteiger partial charge in [-0.1, -0.05) is 0 Å². The zero-order chi connectivity index (χ0) is 16.7. The number of hydrogen-bond donors (Lipinski definition) is 0. The maximum atomic E-state index is 10.7. The highest BCUT2D eigenvalue weighted by atomic mass is 16.1. The normalized spacial score (nSPS) is 10.2. The monoisotopic (exact) mass is 310 g/mol. The topological polar surface area (TPSA) is 40.6 Å². The Morgan fingerprint density at radius 2 is 1.04 bits per heavy atom. The van der Waals surface area contributed by atoms with Crippen LogP contribution in [0.5, 0.6) is 0 Å². The van der Waals surface area contributed by atoms with Crippen LogP contribution >= 0.6 is 0 Å². The van der Waals surface area contributed by atoms with Crippen molar-refractivity contribution in [2.24, 2.45) is 0 Å². The van der Waals surface area contributed by atoms with Crippen LogP contribution in [0.15, 0.2) is 48.5 Å². The molecule has 2 aromatic rings. The third-order valence-corrected chi connectivity index (χ3v) is 3.93. The minimum Gasteiger partial charge on any atom is -0.375 e. The van der Waals surface area contributed by atoms with Crippen LogP contribution in [0.25, 0.3) is 0 Å². The van der Waals surface area contributed by atoms with Gasteiger partial charge in [-0.3, -0.25) is 9.59 Å². The first-order valence-corrected chi connectivity index (χ1v) is 7.67. The summed E-state index contributed by atoms with van der Waals surface area (Å²) < 4.78 is 0. The lowest BCUT2D eigenvalue weighted by Gasteiger charge is -2.23. The van der Waals surface area contributed by atoms with Gasteiger partial charge in [-0.2, -0.15) is 0 Å². The van der Waals surface area contributed by atoms with E-state index in [1.165, 1.54) is 0 Å². The van der Waals surface area contributed by atoms with Gasteiger partial charge in [0.2, 0.25) is 0 Å². The molecule has 0 unspecified atom stereocenters. The first-order valence-electron chi connectivity index (χ1n) is 7.67. The number of carbonyl (C=O) groups is 2. The van der Waals surface area contributed by atoms with Crippen LogP contribution in [0.3, 0.4) is 0 Å². The summed E-state index contributed by atoms with van der Waals surface area (Å²) in [6, 6.07) is 15.2. The molecular weight excluding hydrogens is 288 g/mol. The molecule has 0 heterocycles. The first kappa shape index (κ1) is 16.7. The summed E-state index contributed by atoms with van der Waals surface area (Å²) in [5.41, 5.74) is 3.60. The van der Waals surface area contributed by atoms with E-state index in [0.29, 0.717) is 11.1 Å².